The number of alkyl halides is 1. The first-order chi connectivity index (χ1) is 26.2. The highest BCUT2D eigenvalue weighted by atomic mass is 79.9. The minimum atomic E-state index is -1.15. The summed E-state index contributed by atoms with van der Waals surface area (Å²) in [6.07, 6.45) is 4.51. The van der Waals surface area contributed by atoms with Crippen molar-refractivity contribution in [1.29, 1.82) is 0 Å². The van der Waals surface area contributed by atoms with Crippen LogP contribution in [0.4, 0.5) is 0 Å². The van der Waals surface area contributed by atoms with Gasteiger partial charge in [0, 0.05) is 39.7 Å². The van der Waals surface area contributed by atoms with Crippen molar-refractivity contribution in [3.05, 3.63) is 87.0 Å². The van der Waals surface area contributed by atoms with Gasteiger partial charge in [0.05, 0.1) is 62.2 Å². The molecule has 3 atom stereocenters. The number of ether oxygens (including phenoxy) is 4. The lowest BCUT2D eigenvalue weighted by molar-refractivity contribution is -0.149. The summed E-state index contributed by atoms with van der Waals surface area (Å²) in [5, 5.41) is 0. The molecule has 0 spiro atoms. The number of allylic oxidation sites excluding steroid dienone is 5. The molecule has 2 aliphatic heterocycles. The standard InChI is InChI=1S/C42H45BrN4O8/c1-20-24(11-14-36(48)52-6)31-18-32-25(12-15-37(49)53-7)21(2)30(45-32)19-35-42(5)27(13-10-26(40(50)54-8)39(42)41(51)55-9)33(47-35)16-29-22(3)38(23(4)43)34(46-29)17-28(20)44-31/h10,13,16-19,23,39,45-46H,11-12,14-15H2,1-9H3/t23?,39-,42+/m0/s1. The Morgan fingerprint density at radius 3 is 2.02 bits per heavy atom. The van der Waals surface area contributed by atoms with Crippen LogP contribution in [-0.4, -0.2) is 72.3 Å². The number of carbonyl (C=O) groups is 4. The van der Waals surface area contributed by atoms with Crippen molar-refractivity contribution >= 4 is 78.6 Å². The second-order valence-electron chi connectivity index (χ2n) is 14.1. The summed E-state index contributed by atoms with van der Waals surface area (Å²) in [5.74, 6) is -3.01. The fourth-order valence-electron chi connectivity index (χ4n) is 8.03. The molecule has 12 nitrogen and oxygen atoms in total. The van der Waals surface area contributed by atoms with Crippen molar-refractivity contribution in [2.75, 3.05) is 28.4 Å². The number of rotatable bonds is 9. The minimum Gasteiger partial charge on any atom is -0.469 e. The maximum Gasteiger partial charge on any atom is 0.334 e. The Kier molecular flexibility index (Phi) is 11.1. The molecule has 5 heterocycles. The second kappa shape index (κ2) is 15.4. The number of fused-ring (bicyclic) bond motifs is 11. The molecule has 6 rings (SSSR count). The van der Waals surface area contributed by atoms with E-state index in [0.29, 0.717) is 35.4 Å². The third-order valence-corrected chi connectivity index (χ3v) is 11.6. The van der Waals surface area contributed by atoms with Gasteiger partial charge >= 0.3 is 23.9 Å². The lowest BCUT2D eigenvalue weighted by Gasteiger charge is -2.36. The SMILES string of the molecule is COC(=O)CCC1=C(C)c2cc3[nH]c(cc4nc(cc5[nH]c(cc1n2)c(CCC(=O)OC)c5C)[C@@]1(C)C4=CC=C(C(=O)OC)[C@H]1C(=O)OC)c(C)c3C(C)Br. The average Bonchev–Trinajstić information content (AvgIpc) is 3.82. The Bertz CT molecular complexity index is 2400. The van der Waals surface area contributed by atoms with E-state index in [1.165, 1.54) is 28.4 Å². The zero-order valence-corrected chi connectivity index (χ0v) is 34.1. The number of methoxy groups -OCH3 is 4. The third kappa shape index (κ3) is 6.94. The molecule has 0 saturated carbocycles. The topological polar surface area (TPSA) is 163 Å². The molecule has 55 heavy (non-hydrogen) atoms. The van der Waals surface area contributed by atoms with Gasteiger partial charge in [0.1, 0.15) is 5.92 Å². The summed E-state index contributed by atoms with van der Waals surface area (Å²) in [6, 6.07) is 7.83. The normalized spacial score (nSPS) is 18.2. The number of aryl methyl sites for hydroxylation is 3. The van der Waals surface area contributed by atoms with Gasteiger partial charge in [0.25, 0.3) is 0 Å². The fourth-order valence-corrected chi connectivity index (χ4v) is 8.62. The summed E-state index contributed by atoms with van der Waals surface area (Å²) in [4.78, 5) is 69.2. The first kappa shape index (κ1) is 39.4. The highest BCUT2D eigenvalue weighted by Gasteiger charge is 2.53. The van der Waals surface area contributed by atoms with Gasteiger partial charge < -0.3 is 28.9 Å². The van der Waals surface area contributed by atoms with Crippen molar-refractivity contribution in [3.63, 3.8) is 0 Å². The summed E-state index contributed by atoms with van der Waals surface area (Å²) < 4.78 is 20.5. The molecule has 1 aliphatic carbocycles. The summed E-state index contributed by atoms with van der Waals surface area (Å²) in [7, 11) is 5.31. The second-order valence-corrected chi connectivity index (χ2v) is 15.5. The summed E-state index contributed by atoms with van der Waals surface area (Å²) in [5.41, 5.74) is 10.9. The van der Waals surface area contributed by atoms with Crippen LogP contribution in [-0.2, 0) is 50.0 Å². The van der Waals surface area contributed by atoms with Crippen molar-refractivity contribution in [3.8, 4) is 0 Å². The number of hydrogen-bond acceptors (Lipinski definition) is 10. The first-order valence-electron chi connectivity index (χ1n) is 18.0. The molecule has 3 aromatic rings. The van der Waals surface area contributed by atoms with Crippen LogP contribution in [0.1, 0.15) is 89.9 Å². The fraction of sp³-hybridized carbons (Fsp3) is 0.381. The van der Waals surface area contributed by atoms with Crippen LogP contribution >= 0.6 is 15.9 Å². The minimum absolute atomic E-state index is 0.0360. The molecule has 8 bridgehead atoms. The molecule has 0 fully saturated rings. The average molecular weight is 814 g/mol. The van der Waals surface area contributed by atoms with Crippen molar-refractivity contribution in [2.45, 2.75) is 70.5 Å². The number of aromatic amines is 2. The molecule has 0 aromatic carbocycles. The van der Waals surface area contributed by atoms with Crippen LogP contribution in [0, 0.1) is 19.8 Å². The van der Waals surface area contributed by atoms with E-state index in [2.05, 4.69) is 32.8 Å². The van der Waals surface area contributed by atoms with E-state index >= 15 is 0 Å². The molecule has 13 heteroatoms. The van der Waals surface area contributed by atoms with Crippen molar-refractivity contribution < 1.29 is 38.1 Å². The molecule has 3 aromatic heterocycles. The van der Waals surface area contributed by atoms with Gasteiger partial charge in [0.15, 0.2) is 0 Å². The van der Waals surface area contributed by atoms with Gasteiger partial charge in [-0.15, -0.1) is 0 Å². The summed E-state index contributed by atoms with van der Waals surface area (Å²) in [6.45, 7) is 9.95. The highest BCUT2D eigenvalue weighted by Crippen LogP contribution is 2.52. The predicted octanol–water partition coefficient (Wildman–Crippen LogP) is 7.62. The zero-order chi connectivity index (χ0) is 39.9. The van der Waals surface area contributed by atoms with Crippen molar-refractivity contribution in [2.24, 2.45) is 5.92 Å². The monoisotopic (exact) mass is 812 g/mol. The van der Waals surface area contributed by atoms with Crippen LogP contribution in [0.3, 0.4) is 0 Å². The van der Waals surface area contributed by atoms with Crippen LogP contribution in [0.25, 0.3) is 38.8 Å². The Labute approximate surface area is 327 Å². The van der Waals surface area contributed by atoms with Crippen molar-refractivity contribution in [1.82, 2.24) is 19.9 Å². The van der Waals surface area contributed by atoms with E-state index in [4.69, 9.17) is 28.9 Å². The molecular formula is C42H45BrN4O8. The quantitative estimate of drug-likeness (QED) is 0.125. The number of carbonyl (C=O) groups excluding carboxylic acids is 4. The van der Waals surface area contributed by atoms with E-state index in [9.17, 15) is 19.2 Å². The lowest BCUT2D eigenvalue weighted by Crippen LogP contribution is -2.42. The van der Waals surface area contributed by atoms with E-state index in [-0.39, 0.29) is 35.2 Å². The first-order valence-corrected chi connectivity index (χ1v) is 18.9. The Morgan fingerprint density at radius 1 is 0.764 bits per heavy atom. The smallest absolute Gasteiger partial charge is 0.334 e. The maximum atomic E-state index is 13.8. The number of nitrogens with one attached hydrogen (secondary N) is 2. The number of hydrogen-bond donors (Lipinski definition) is 2. The predicted molar refractivity (Wildman–Crippen MR) is 213 cm³/mol. The number of H-pyrrole nitrogens is 2. The largest absolute Gasteiger partial charge is 0.469 e. The third-order valence-electron chi connectivity index (χ3n) is 11.1. The van der Waals surface area contributed by atoms with Gasteiger partial charge in [-0.1, -0.05) is 28.1 Å². The molecule has 1 unspecified atom stereocenters. The van der Waals surface area contributed by atoms with Crippen LogP contribution in [0.2, 0.25) is 0 Å². The number of esters is 4. The lowest BCUT2D eigenvalue weighted by atomic mass is 9.64. The number of halogens is 1. The molecule has 0 amide bonds. The molecular weight excluding hydrogens is 768 g/mol. The van der Waals surface area contributed by atoms with E-state index in [1.807, 2.05) is 58.0 Å². The van der Waals surface area contributed by atoms with Gasteiger partial charge in [-0.05, 0) is 111 Å². The molecule has 3 aliphatic rings. The van der Waals surface area contributed by atoms with Gasteiger partial charge in [-0.3, -0.25) is 19.4 Å². The van der Waals surface area contributed by atoms with E-state index < -0.39 is 23.3 Å². The van der Waals surface area contributed by atoms with E-state index in [1.54, 1.807) is 6.08 Å². The van der Waals surface area contributed by atoms with Gasteiger partial charge in [-0.25, -0.2) is 9.78 Å². The number of aromatic nitrogens is 4. The number of nitrogens with zero attached hydrogens (tertiary/aromatic N) is 2. The zero-order valence-electron chi connectivity index (χ0n) is 32.5. The Morgan fingerprint density at radius 2 is 1.38 bits per heavy atom. The Balaban J connectivity index is 1.77. The molecule has 0 radical (unpaired) electrons. The van der Waals surface area contributed by atoms with Crippen LogP contribution in [0.5, 0.6) is 0 Å². The van der Waals surface area contributed by atoms with Crippen LogP contribution in [0.15, 0.2) is 42.0 Å². The van der Waals surface area contributed by atoms with Crippen LogP contribution < -0.4 is 0 Å². The van der Waals surface area contributed by atoms with Gasteiger partial charge in [-0.2, -0.15) is 0 Å². The molecule has 0 saturated heterocycles. The van der Waals surface area contributed by atoms with E-state index in [0.717, 1.165) is 61.2 Å². The molecule has 2 N–H and O–H groups in total. The maximum absolute atomic E-state index is 13.8. The summed E-state index contributed by atoms with van der Waals surface area (Å²) >= 11 is 3.81. The van der Waals surface area contributed by atoms with Gasteiger partial charge in [0.2, 0.25) is 0 Å². The molecule has 288 valence electrons. The highest BCUT2D eigenvalue weighted by molar-refractivity contribution is 9.09. The Hall–Kier alpha value is -5.30.